The van der Waals surface area contributed by atoms with Crippen LogP contribution >= 0.6 is 0 Å². The lowest BCUT2D eigenvalue weighted by atomic mass is 9.81. The topological polar surface area (TPSA) is 46.2 Å². The SMILES string of the molecule is CCCNCC(CCC(C)(C)C)C1CCS(=O)(=O)C1. The molecule has 0 bridgehead atoms. The third kappa shape index (κ3) is 6.75. The molecule has 1 N–H and O–H groups in total. The van der Waals surface area contributed by atoms with E-state index in [0.29, 0.717) is 28.8 Å². The molecule has 2 atom stereocenters. The van der Waals surface area contributed by atoms with Gasteiger partial charge >= 0.3 is 0 Å². The normalized spacial score (nSPS) is 24.5. The van der Waals surface area contributed by atoms with Gasteiger partial charge in [-0.2, -0.15) is 0 Å². The number of hydrogen-bond acceptors (Lipinski definition) is 3. The average molecular weight is 289 g/mol. The molecule has 0 radical (unpaired) electrons. The van der Waals surface area contributed by atoms with Gasteiger partial charge in [0.25, 0.3) is 0 Å². The Morgan fingerprint density at radius 2 is 2.00 bits per heavy atom. The molecule has 0 amide bonds. The van der Waals surface area contributed by atoms with Crippen LogP contribution in [0.1, 0.15) is 53.4 Å². The lowest BCUT2D eigenvalue weighted by Crippen LogP contribution is -2.30. The zero-order chi connectivity index (χ0) is 14.5. The van der Waals surface area contributed by atoms with Gasteiger partial charge in [0.05, 0.1) is 11.5 Å². The summed E-state index contributed by atoms with van der Waals surface area (Å²) in [4.78, 5) is 0. The van der Waals surface area contributed by atoms with E-state index in [1.54, 1.807) is 0 Å². The van der Waals surface area contributed by atoms with E-state index in [1.807, 2.05) is 0 Å². The molecule has 1 saturated heterocycles. The Morgan fingerprint density at radius 1 is 1.32 bits per heavy atom. The van der Waals surface area contributed by atoms with E-state index in [0.717, 1.165) is 32.4 Å². The molecule has 4 heteroatoms. The van der Waals surface area contributed by atoms with Crippen molar-refractivity contribution in [3.63, 3.8) is 0 Å². The lowest BCUT2D eigenvalue weighted by molar-refractivity contribution is 0.264. The summed E-state index contributed by atoms with van der Waals surface area (Å²) in [6.07, 6.45) is 4.31. The largest absolute Gasteiger partial charge is 0.316 e. The first-order chi connectivity index (χ1) is 8.73. The molecule has 2 unspecified atom stereocenters. The van der Waals surface area contributed by atoms with Crippen LogP contribution in [0.25, 0.3) is 0 Å². The van der Waals surface area contributed by atoms with Crippen molar-refractivity contribution in [1.82, 2.24) is 5.32 Å². The molecule has 0 aliphatic carbocycles. The van der Waals surface area contributed by atoms with Gasteiger partial charge in [0, 0.05) is 0 Å². The van der Waals surface area contributed by atoms with Crippen LogP contribution in [0, 0.1) is 17.3 Å². The first-order valence-electron chi connectivity index (χ1n) is 7.64. The Balaban J connectivity index is 2.54. The van der Waals surface area contributed by atoms with Crippen LogP contribution in [-0.4, -0.2) is 33.0 Å². The molecule has 19 heavy (non-hydrogen) atoms. The smallest absolute Gasteiger partial charge is 0.150 e. The lowest BCUT2D eigenvalue weighted by Gasteiger charge is -2.27. The van der Waals surface area contributed by atoms with E-state index in [4.69, 9.17) is 0 Å². The summed E-state index contributed by atoms with van der Waals surface area (Å²) in [7, 11) is -2.75. The van der Waals surface area contributed by atoms with Crippen LogP contribution in [0.2, 0.25) is 0 Å². The van der Waals surface area contributed by atoms with Gasteiger partial charge in [-0.25, -0.2) is 8.42 Å². The van der Waals surface area contributed by atoms with E-state index in [1.165, 1.54) is 6.42 Å². The third-order valence-corrected chi connectivity index (χ3v) is 5.83. The zero-order valence-electron chi connectivity index (χ0n) is 13.0. The summed E-state index contributed by atoms with van der Waals surface area (Å²) in [5, 5.41) is 3.48. The number of sulfone groups is 1. The Labute approximate surface area is 119 Å². The number of rotatable bonds is 7. The van der Waals surface area contributed by atoms with Crippen LogP contribution in [0.3, 0.4) is 0 Å². The maximum atomic E-state index is 11.7. The molecule has 3 nitrogen and oxygen atoms in total. The fraction of sp³-hybridized carbons (Fsp3) is 1.00. The maximum Gasteiger partial charge on any atom is 0.150 e. The van der Waals surface area contributed by atoms with Gasteiger partial charge in [0.1, 0.15) is 0 Å². The molecule has 0 aromatic heterocycles. The van der Waals surface area contributed by atoms with Gasteiger partial charge in [-0.15, -0.1) is 0 Å². The molecule has 1 aliphatic heterocycles. The molecular formula is C15H31NO2S. The summed E-state index contributed by atoms with van der Waals surface area (Å²) in [6.45, 7) is 10.9. The van der Waals surface area contributed by atoms with Crippen LogP contribution in [-0.2, 0) is 9.84 Å². The van der Waals surface area contributed by atoms with Crippen molar-refractivity contribution < 1.29 is 8.42 Å². The number of nitrogens with one attached hydrogen (secondary N) is 1. The highest BCUT2D eigenvalue weighted by molar-refractivity contribution is 7.91. The predicted molar refractivity (Wildman–Crippen MR) is 82.1 cm³/mol. The van der Waals surface area contributed by atoms with E-state index < -0.39 is 9.84 Å². The van der Waals surface area contributed by atoms with Gasteiger partial charge in [-0.3, -0.25) is 0 Å². The third-order valence-electron chi connectivity index (χ3n) is 4.03. The predicted octanol–water partition coefficient (Wildman–Crippen LogP) is 2.86. The fourth-order valence-electron chi connectivity index (χ4n) is 2.78. The Kier molecular flexibility index (Phi) is 6.31. The molecule has 114 valence electrons. The van der Waals surface area contributed by atoms with Crippen molar-refractivity contribution in [1.29, 1.82) is 0 Å². The highest BCUT2D eigenvalue weighted by atomic mass is 32.2. The molecule has 1 rings (SSSR count). The van der Waals surface area contributed by atoms with Gasteiger partial charge in [-0.05, 0) is 56.0 Å². The second-order valence-electron chi connectivity index (χ2n) is 7.23. The zero-order valence-corrected chi connectivity index (χ0v) is 13.9. The van der Waals surface area contributed by atoms with Crippen molar-refractivity contribution >= 4 is 9.84 Å². The van der Waals surface area contributed by atoms with E-state index in [-0.39, 0.29) is 0 Å². The summed E-state index contributed by atoms with van der Waals surface area (Å²) in [6, 6.07) is 0. The molecule has 0 saturated carbocycles. The Hall–Kier alpha value is -0.0900. The summed E-state index contributed by atoms with van der Waals surface area (Å²) in [5.41, 5.74) is 0.334. The molecule has 0 aromatic carbocycles. The van der Waals surface area contributed by atoms with Crippen molar-refractivity contribution in [3.8, 4) is 0 Å². The molecule has 1 heterocycles. The minimum atomic E-state index is -2.75. The van der Waals surface area contributed by atoms with Gasteiger partial charge in [0.15, 0.2) is 9.84 Å². The molecular weight excluding hydrogens is 258 g/mol. The summed E-state index contributed by atoms with van der Waals surface area (Å²) in [5.74, 6) is 1.70. The van der Waals surface area contributed by atoms with Gasteiger partial charge < -0.3 is 5.32 Å². The van der Waals surface area contributed by atoms with Gasteiger partial charge in [-0.1, -0.05) is 27.7 Å². The van der Waals surface area contributed by atoms with Crippen molar-refractivity contribution in [2.45, 2.75) is 53.4 Å². The Bertz CT molecular complexity index is 357. The van der Waals surface area contributed by atoms with Gasteiger partial charge in [0.2, 0.25) is 0 Å². The second kappa shape index (κ2) is 7.07. The molecule has 1 fully saturated rings. The maximum absolute atomic E-state index is 11.7. The minimum Gasteiger partial charge on any atom is -0.316 e. The van der Waals surface area contributed by atoms with Crippen molar-refractivity contribution in [2.24, 2.45) is 17.3 Å². The van der Waals surface area contributed by atoms with Crippen LogP contribution in [0.5, 0.6) is 0 Å². The highest BCUT2D eigenvalue weighted by Crippen LogP contribution is 2.32. The van der Waals surface area contributed by atoms with Crippen LogP contribution < -0.4 is 5.32 Å². The van der Waals surface area contributed by atoms with E-state index in [2.05, 4.69) is 33.0 Å². The number of hydrogen-bond donors (Lipinski definition) is 1. The van der Waals surface area contributed by atoms with Crippen LogP contribution in [0.4, 0.5) is 0 Å². The first kappa shape index (κ1) is 17.0. The minimum absolute atomic E-state index is 0.334. The molecule has 0 spiro atoms. The average Bonchev–Trinajstić information content (AvgIpc) is 2.62. The summed E-state index contributed by atoms with van der Waals surface area (Å²) < 4.78 is 23.3. The molecule has 1 aliphatic rings. The monoisotopic (exact) mass is 289 g/mol. The molecule has 0 aromatic rings. The van der Waals surface area contributed by atoms with E-state index >= 15 is 0 Å². The van der Waals surface area contributed by atoms with Crippen LogP contribution in [0.15, 0.2) is 0 Å². The standard InChI is InChI=1S/C15H31NO2S/c1-5-9-16-11-13(6-8-15(2,3)4)14-7-10-19(17,18)12-14/h13-14,16H,5-12H2,1-4H3. The second-order valence-corrected chi connectivity index (χ2v) is 9.46. The van der Waals surface area contributed by atoms with Crippen molar-refractivity contribution in [3.05, 3.63) is 0 Å². The highest BCUT2D eigenvalue weighted by Gasteiger charge is 2.33. The first-order valence-corrected chi connectivity index (χ1v) is 9.47. The van der Waals surface area contributed by atoms with Crippen molar-refractivity contribution in [2.75, 3.05) is 24.6 Å². The Morgan fingerprint density at radius 3 is 2.47 bits per heavy atom. The summed E-state index contributed by atoms with van der Waals surface area (Å²) >= 11 is 0. The quantitative estimate of drug-likeness (QED) is 0.733. The van der Waals surface area contributed by atoms with E-state index in [9.17, 15) is 8.42 Å². The fourth-order valence-corrected chi connectivity index (χ4v) is 4.70.